The number of carbonyl (C=O) groups excluding carboxylic acids is 2. The smallest absolute Gasteiger partial charge is 0.315 e. The monoisotopic (exact) mass is 374 g/mol. The van der Waals surface area contributed by atoms with Gasteiger partial charge in [0.2, 0.25) is 5.91 Å². The Labute approximate surface area is 158 Å². The normalized spacial score (nSPS) is 19.4. The molecule has 0 aromatic heterocycles. The van der Waals surface area contributed by atoms with Crippen molar-refractivity contribution >= 4 is 24.3 Å². The van der Waals surface area contributed by atoms with Crippen LogP contribution >= 0.6 is 12.4 Å². The molecule has 2 saturated carbocycles. The van der Waals surface area contributed by atoms with Gasteiger partial charge in [-0.25, -0.2) is 4.79 Å². The van der Waals surface area contributed by atoms with Crippen LogP contribution in [0.1, 0.15) is 70.6 Å². The third-order valence-corrected chi connectivity index (χ3v) is 5.09. The average molecular weight is 375 g/mol. The van der Waals surface area contributed by atoms with E-state index in [1.54, 1.807) is 0 Å². The molecule has 0 spiro atoms. The number of rotatable bonds is 7. The van der Waals surface area contributed by atoms with Gasteiger partial charge in [0, 0.05) is 25.2 Å². The number of nitrogens with one attached hydrogen (secondary N) is 4. The number of carbonyl (C=O) groups is 2. The lowest BCUT2D eigenvalue weighted by atomic mass is 9.96. The van der Waals surface area contributed by atoms with E-state index >= 15 is 0 Å². The number of urea groups is 1. The Kier molecular flexibility index (Phi) is 11.7. The summed E-state index contributed by atoms with van der Waals surface area (Å²) in [4.78, 5) is 23.5. The van der Waals surface area contributed by atoms with Crippen LogP contribution in [0.5, 0.6) is 0 Å². The molecular weight excluding hydrogens is 340 g/mol. The van der Waals surface area contributed by atoms with Crippen molar-refractivity contribution in [1.82, 2.24) is 21.3 Å². The zero-order valence-corrected chi connectivity index (χ0v) is 16.1. The first-order valence-electron chi connectivity index (χ1n) is 9.78. The van der Waals surface area contributed by atoms with Gasteiger partial charge >= 0.3 is 6.03 Å². The molecule has 0 saturated heterocycles. The second-order valence-corrected chi connectivity index (χ2v) is 7.15. The Morgan fingerprint density at radius 3 is 1.92 bits per heavy atom. The van der Waals surface area contributed by atoms with Crippen LogP contribution in [0.25, 0.3) is 0 Å². The van der Waals surface area contributed by atoms with Gasteiger partial charge in [0.05, 0.1) is 6.54 Å². The standard InChI is InChI=1S/C18H34N4O2.ClH/c23-17(14-21-18(24)22-16-10-6-3-7-11-16)20-13-12-19-15-8-4-1-2-5-9-15;/h15-16,19H,1-14H2,(H,20,23)(H2,21,22,24);1H. The minimum atomic E-state index is -0.228. The van der Waals surface area contributed by atoms with Crippen LogP contribution in [-0.4, -0.2) is 43.7 Å². The quantitative estimate of drug-likeness (QED) is 0.408. The number of hydrogen-bond acceptors (Lipinski definition) is 3. The van der Waals surface area contributed by atoms with E-state index in [-0.39, 0.29) is 36.9 Å². The lowest BCUT2D eigenvalue weighted by molar-refractivity contribution is -0.120. The molecule has 2 rings (SSSR count). The molecule has 25 heavy (non-hydrogen) atoms. The van der Waals surface area contributed by atoms with E-state index in [2.05, 4.69) is 21.3 Å². The SMILES string of the molecule is Cl.O=C(CNC(=O)NC1CCCCC1)NCCNC1CCCCCC1. The van der Waals surface area contributed by atoms with Gasteiger partial charge in [-0.1, -0.05) is 44.9 Å². The van der Waals surface area contributed by atoms with Crippen molar-refractivity contribution < 1.29 is 9.59 Å². The predicted octanol–water partition coefficient (Wildman–Crippen LogP) is 2.47. The van der Waals surface area contributed by atoms with Gasteiger partial charge in [-0.3, -0.25) is 4.79 Å². The van der Waals surface area contributed by atoms with E-state index in [4.69, 9.17) is 0 Å². The highest BCUT2D eigenvalue weighted by molar-refractivity contribution is 5.85. The molecular formula is C18H35ClN4O2. The van der Waals surface area contributed by atoms with Gasteiger partial charge in [0.1, 0.15) is 0 Å². The lowest BCUT2D eigenvalue weighted by Gasteiger charge is -2.22. The highest BCUT2D eigenvalue weighted by Gasteiger charge is 2.16. The Hall–Kier alpha value is -1.01. The Morgan fingerprint density at radius 1 is 0.720 bits per heavy atom. The van der Waals surface area contributed by atoms with Crippen LogP contribution in [0.3, 0.4) is 0 Å². The highest BCUT2D eigenvalue weighted by atomic mass is 35.5. The average Bonchev–Trinajstić information content (AvgIpc) is 2.87. The second-order valence-electron chi connectivity index (χ2n) is 7.15. The zero-order valence-electron chi connectivity index (χ0n) is 15.3. The number of hydrogen-bond donors (Lipinski definition) is 4. The summed E-state index contributed by atoms with van der Waals surface area (Å²) in [5, 5.41) is 12.0. The number of halogens is 1. The van der Waals surface area contributed by atoms with Crippen LogP contribution in [0.2, 0.25) is 0 Å². The maximum absolute atomic E-state index is 11.8. The van der Waals surface area contributed by atoms with E-state index in [1.165, 1.54) is 57.8 Å². The molecule has 0 atom stereocenters. The molecule has 0 unspecified atom stereocenters. The molecule has 4 N–H and O–H groups in total. The van der Waals surface area contributed by atoms with Crippen molar-refractivity contribution in [2.45, 2.75) is 82.7 Å². The molecule has 7 heteroatoms. The molecule has 2 fully saturated rings. The van der Waals surface area contributed by atoms with Gasteiger partial charge in [-0.05, 0) is 25.7 Å². The summed E-state index contributed by atoms with van der Waals surface area (Å²) in [7, 11) is 0. The summed E-state index contributed by atoms with van der Waals surface area (Å²) in [6, 6.07) is 0.642. The van der Waals surface area contributed by atoms with Crippen molar-refractivity contribution in [3.63, 3.8) is 0 Å². The van der Waals surface area contributed by atoms with E-state index in [0.717, 1.165) is 19.4 Å². The van der Waals surface area contributed by atoms with Crippen LogP contribution in [-0.2, 0) is 4.79 Å². The maximum atomic E-state index is 11.8. The first kappa shape index (κ1) is 22.0. The third-order valence-electron chi connectivity index (χ3n) is 5.09. The molecule has 0 aromatic rings. The first-order chi connectivity index (χ1) is 11.7. The first-order valence-corrected chi connectivity index (χ1v) is 9.78. The molecule has 6 nitrogen and oxygen atoms in total. The van der Waals surface area contributed by atoms with E-state index in [0.29, 0.717) is 12.6 Å². The second kappa shape index (κ2) is 13.2. The summed E-state index contributed by atoms with van der Waals surface area (Å²) in [5.41, 5.74) is 0. The van der Waals surface area contributed by atoms with Gasteiger partial charge in [0.25, 0.3) is 0 Å². The minimum absolute atomic E-state index is 0. The van der Waals surface area contributed by atoms with Gasteiger partial charge in [0.15, 0.2) is 0 Å². The fourth-order valence-electron chi connectivity index (χ4n) is 3.67. The van der Waals surface area contributed by atoms with E-state index in [1.807, 2.05) is 0 Å². The van der Waals surface area contributed by atoms with E-state index in [9.17, 15) is 9.59 Å². The van der Waals surface area contributed by atoms with E-state index < -0.39 is 0 Å². The predicted molar refractivity (Wildman–Crippen MR) is 103 cm³/mol. The topological polar surface area (TPSA) is 82.3 Å². The van der Waals surface area contributed by atoms with Crippen LogP contribution in [0.15, 0.2) is 0 Å². The molecule has 0 radical (unpaired) electrons. The largest absolute Gasteiger partial charge is 0.353 e. The van der Waals surface area contributed by atoms with Gasteiger partial charge in [-0.2, -0.15) is 0 Å². The fraction of sp³-hybridized carbons (Fsp3) is 0.889. The van der Waals surface area contributed by atoms with Crippen molar-refractivity contribution in [2.24, 2.45) is 0 Å². The molecule has 2 aliphatic carbocycles. The molecule has 146 valence electrons. The summed E-state index contributed by atoms with van der Waals surface area (Å²) in [6.07, 6.45) is 13.5. The van der Waals surface area contributed by atoms with Crippen molar-refractivity contribution in [3.05, 3.63) is 0 Å². The Morgan fingerprint density at radius 2 is 1.28 bits per heavy atom. The van der Waals surface area contributed by atoms with Gasteiger partial charge in [-0.15, -0.1) is 12.4 Å². The van der Waals surface area contributed by atoms with Crippen LogP contribution < -0.4 is 21.3 Å². The zero-order chi connectivity index (χ0) is 17.0. The summed E-state index contributed by atoms with van der Waals surface area (Å²) < 4.78 is 0. The minimum Gasteiger partial charge on any atom is -0.353 e. The van der Waals surface area contributed by atoms with Crippen molar-refractivity contribution in [2.75, 3.05) is 19.6 Å². The van der Waals surface area contributed by atoms with Crippen molar-refractivity contribution in [3.8, 4) is 0 Å². The molecule has 0 aromatic carbocycles. The Balaban J connectivity index is 0.00000312. The van der Waals surface area contributed by atoms with Gasteiger partial charge < -0.3 is 21.3 Å². The molecule has 3 amide bonds. The maximum Gasteiger partial charge on any atom is 0.315 e. The lowest BCUT2D eigenvalue weighted by Crippen LogP contribution is -2.47. The third kappa shape index (κ3) is 9.90. The van der Waals surface area contributed by atoms with Crippen LogP contribution in [0, 0.1) is 0 Å². The summed E-state index contributed by atoms with van der Waals surface area (Å²) >= 11 is 0. The van der Waals surface area contributed by atoms with Crippen molar-refractivity contribution in [1.29, 1.82) is 0 Å². The number of amides is 3. The fourth-order valence-corrected chi connectivity index (χ4v) is 3.67. The molecule has 0 bridgehead atoms. The molecule has 2 aliphatic rings. The highest BCUT2D eigenvalue weighted by Crippen LogP contribution is 2.17. The summed E-state index contributed by atoms with van der Waals surface area (Å²) in [5.74, 6) is -0.128. The Bertz CT molecular complexity index is 381. The summed E-state index contributed by atoms with van der Waals surface area (Å²) in [6.45, 7) is 1.45. The molecule has 0 aliphatic heterocycles. The van der Waals surface area contributed by atoms with Crippen LogP contribution in [0.4, 0.5) is 4.79 Å². The molecule has 0 heterocycles.